The molecule has 2 aromatic rings. The third-order valence-corrected chi connectivity index (χ3v) is 7.82. The highest BCUT2D eigenvalue weighted by atomic mass is 32.2. The van der Waals surface area contributed by atoms with Crippen LogP contribution < -0.4 is 10.6 Å². The van der Waals surface area contributed by atoms with Gasteiger partial charge in [0.2, 0.25) is 5.91 Å². The van der Waals surface area contributed by atoms with Crippen molar-refractivity contribution in [3.05, 3.63) is 59.7 Å². The minimum absolute atomic E-state index is 0.0654. The molecule has 1 saturated carbocycles. The number of carboxylic acids is 1. The summed E-state index contributed by atoms with van der Waals surface area (Å²) in [4.78, 5) is 37.4. The Bertz CT molecular complexity index is 1040. The van der Waals surface area contributed by atoms with Gasteiger partial charge in [0.05, 0.1) is 5.41 Å². The normalized spacial score (nSPS) is 16.7. The summed E-state index contributed by atoms with van der Waals surface area (Å²) in [5.74, 6) is -0.642. The number of nitrogens with one attached hydrogen (secondary N) is 2. The van der Waals surface area contributed by atoms with Gasteiger partial charge in [0.1, 0.15) is 12.6 Å². The fourth-order valence-corrected chi connectivity index (χ4v) is 5.66. The number of fused-ring (bicyclic) bond motifs is 3. The fourth-order valence-electron chi connectivity index (χ4n) is 5.18. The van der Waals surface area contributed by atoms with Crippen LogP contribution in [0.5, 0.6) is 0 Å². The number of carboxylic acid groups (broad SMARTS) is 1. The van der Waals surface area contributed by atoms with Crippen molar-refractivity contribution in [3.8, 4) is 11.1 Å². The first kappa shape index (κ1) is 25.1. The number of ether oxygens (including phenoxy) is 1. The number of rotatable bonds is 10. The number of amides is 2. The van der Waals surface area contributed by atoms with E-state index in [0.717, 1.165) is 35.1 Å². The van der Waals surface area contributed by atoms with Crippen LogP contribution in [0.25, 0.3) is 11.1 Å². The second kappa shape index (κ2) is 11.2. The van der Waals surface area contributed by atoms with Gasteiger partial charge < -0.3 is 20.5 Å². The summed E-state index contributed by atoms with van der Waals surface area (Å²) in [5, 5.41) is 15.2. The molecule has 0 radical (unpaired) electrons. The van der Waals surface area contributed by atoms with Crippen LogP contribution >= 0.6 is 11.8 Å². The van der Waals surface area contributed by atoms with Gasteiger partial charge in [-0.05, 0) is 53.5 Å². The van der Waals surface area contributed by atoms with E-state index in [9.17, 15) is 19.5 Å². The molecule has 2 aromatic carbocycles. The molecule has 0 heterocycles. The smallest absolute Gasteiger partial charge is 0.407 e. The molecular formula is C27H32N2O5S. The second-order valence-electron chi connectivity index (χ2n) is 9.31. The van der Waals surface area contributed by atoms with Crippen molar-refractivity contribution in [1.82, 2.24) is 10.6 Å². The third kappa shape index (κ3) is 5.48. The van der Waals surface area contributed by atoms with E-state index in [1.807, 2.05) is 30.5 Å². The van der Waals surface area contributed by atoms with Crippen molar-refractivity contribution < 1.29 is 24.2 Å². The summed E-state index contributed by atoms with van der Waals surface area (Å²) < 4.78 is 5.61. The molecule has 0 aliphatic heterocycles. The van der Waals surface area contributed by atoms with E-state index in [0.29, 0.717) is 25.0 Å². The fraction of sp³-hybridized carbons (Fsp3) is 0.444. The van der Waals surface area contributed by atoms with Gasteiger partial charge in [-0.15, -0.1) is 0 Å². The van der Waals surface area contributed by atoms with Gasteiger partial charge in [0.15, 0.2) is 0 Å². The van der Waals surface area contributed by atoms with Gasteiger partial charge >= 0.3 is 12.1 Å². The highest BCUT2D eigenvalue weighted by Crippen LogP contribution is 2.44. The lowest BCUT2D eigenvalue weighted by Crippen LogP contribution is -2.50. The number of benzene rings is 2. The molecule has 0 aromatic heterocycles. The number of hydrogen-bond donors (Lipinski definition) is 3. The molecule has 8 heteroatoms. The van der Waals surface area contributed by atoms with E-state index >= 15 is 0 Å². The van der Waals surface area contributed by atoms with Crippen LogP contribution in [0, 0.1) is 5.41 Å². The van der Waals surface area contributed by atoms with Gasteiger partial charge in [-0.25, -0.2) is 4.79 Å². The minimum Gasteiger partial charge on any atom is -0.481 e. The van der Waals surface area contributed by atoms with Crippen LogP contribution in [-0.4, -0.2) is 54.3 Å². The van der Waals surface area contributed by atoms with Crippen LogP contribution in [-0.2, 0) is 14.3 Å². The molecular weight excluding hydrogens is 464 g/mol. The second-order valence-corrected chi connectivity index (χ2v) is 10.3. The molecule has 0 spiro atoms. The highest BCUT2D eigenvalue weighted by Gasteiger charge is 2.42. The summed E-state index contributed by atoms with van der Waals surface area (Å²) in [6.07, 6.45) is 4.50. The molecule has 2 aliphatic carbocycles. The summed E-state index contributed by atoms with van der Waals surface area (Å²) in [6, 6.07) is 15.4. The third-order valence-electron chi connectivity index (χ3n) is 7.18. The zero-order chi connectivity index (χ0) is 24.8. The van der Waals surface area contributed by atoms with Crippen molar-refractivity contribution in [2.45, 2.75) is 44.1 Å². The van der Waals surface area contributed by atoms with Crippen LogP contribution in [0.3, 0.4) is 0 Å². The van der Waals surface area contributed by atoms with Gasteiger partial charge in [-0.2, -0.15) is 11.8 Å². The highest BCUT2D eigenvalue weighted by molar-refractivity contribution is 7.98. The average Bonchev–Trinajstić information content (AvgIpc) is 3.48. The summed E-state index contributed by atoms with van der Waals surface area (Å²) in [5.41, 5.74) is 3.62. The van der Waals surface area contributed by atoms with E-state index in [1.54, 1.807) is 11.8 Å². The van der Waals surface area contributed by atoms with E-state index in [4.69, 9.17) is 4.74 Å². The maximum absolute atomic E-state index is 12.9. The molecule has 35 heavy (non-hydrogen) atoms. The first-order valence-corrected chi connectivity index (χ1v) is 13.5. The zero-order valence-electron chi connectivity index (χ0n) is 19.9. The Balaban J connectivity index is 1.37. The molecule has 1 unspecified atom stereocenters. The Morgan fingerprint density at radius 2 is 1.66 bits per heavy atom. The topological polar surface area (TPSA) is 105 Å². The van der Waals surface area contributed by atoms with Gasteiger partial charge in [-0.3, -0.25) is 9.59 Å². The largest absolute Gasteiger partial charge is 0.481 e. The molecule has 0 bridgehead atoms. The van der Waals surface area contributed by atoms with Crippen LogP contribution in [0.1, 0.15) is 49.1 Å². The summed E-state index contributed by atoms with van der Waals surface area (Å²) in [6.45, 7) is 0.238. The monoisotopic (exact) mass is 496 g/mol. The van der Waals surface area contributed by atoms with Crippen LogP contribution in [0.4, 0.5) is 4.79 Å². The zero-order valence-corrected chi connectivity index (χ0v) is 20.7. The molecule has 2 amide bonds. The molecule has 1 atom stereocenters. The summed E-state index contributed by atoms with van der Waals surface area (Å²) >= 11 is 1.57. The molecule has 4 rings (SSSR count). The maximum Gasteiger partial charge on any atom is 0.407 e. The predicted octanol–water partition coefficient (Wildman–Crippen LogP) is 4.41. The Morgan fingerprint density at radius 1 is 1.06 bits per heavy atom. The minimum atomic E-state index is -0.913. The number of thioether (sulfide) groups is 1. The molecule has 1 fully saturated rings. The lowest BCUT2D eigenvalue weighted by Gasteiger charge is -2.26. The standard InChI is InChI=1S/C27H32N2O5S/c1-35-15-12-23(24(30)28-17-27(25(31)32)13-6-7-14-27)29-26(33)34-16-22-20-10-4-2-8-18(20)19-9-3-5-11-21(19)22/h2-5,8-11,22-23H,6-7,12-17H2,1H3,(H,28,30)(H,29,33)(H,31,32). The van der Waals surface area contributed by atoms with Crippen molar-refractivity contribution in [2.24, 2.45) is 5.41 Å². The van der Waals surface area contributed by atoms with E-state index < -0.39 is 23.5 Å². The summed E-state index contributed by atoms with van der Waals surface area (Å²) in [7, 11) is 0. The van der Waals surface area contributed by atoms with Gasteiger partial charge in [-0.1, -0.05) is 61.4 Å². The van der Waals surface area contributed by atoms with E-state index in [-0.39, 0.29) is 25.0 Å². The lowest BCUT2D eigenvalue weighted by atomic mass is 9.86. The Morgan fingerprint density at radius 3 is 2.23 bits per heavy atom. The first-order valence-electron chi connectivity index (χ1n) is 12.1. The number of aliphatic carboxylic acids is 1. The Labute approximate surface area is 210 Å². The Kier molecular flexibility index (Phi) is 8.00. The molecule has 0 saturated heterocycles. The van der Waals surface area contributed by atoms with Crippen molar-refractivity contribution in [2.75, 3.05) is 25.2 Å². The number of alkyl carbamates (subject to hydrolysis) is 1. The van der Waals surface area contributed by atoms with Gasteiger partial charge in [0, 0.05) is 12.5 Å². The Hall–Kier alpha value is -3.00. The molecule has 186 valence electrons. The quantitative estimate of drug-likeness (QED) is 0.450. The van der Waals surface area contributed by atoms with Crippen molar-refractivity contribution in [3.63, 3.8) is 0 Å². The molecule has 2 aliphatic rings. The lowest BCUT2D eigenvalue weighted by molar-refractivity contribution is -0.148. The number of carbonyl (C=O) groups is 3. The SMILES string of the molecule is CSCCC(NC(=O)OCC1c2ccccc2-c2ccccc21)C(=O)NCC1(C(=O)O)CCCC1. The first-order chi connectivity index (χ1) is 16.9. The van der Waals surface area contributed by atoms with Crippen LogP contribution in [0.2, 0.25) is 0 Å². The number of hydrogen-bond acceptors (Lipinski definition) is 5. The van der Waals surface area contributed by atoms with E-state index in [1.165, 1.54) is 0 Å². The predicted molar refractivity (Wildman–Crippen MR) is 137 cm³/mol. The molecule has 7 nitrogen and oxygen atoms in total. The molecule has 3 N–H and O–H groups in total. The van der Waals surface area contributed by atoms with Crippen molar-refractivity contribution in [1.29, 1.82) is 0 Å². The number of carbonyl (C=O) groups excluding carboxylic acids is 2. The maximum atomic E-state index is 12.9. The van der Waals surface area contributed by atoms with Crippen LogP contribution in [0.15, 0.2) is 48.5 Å². The van der Waals surface area contributed by atoms with E-state index in [2.05, 4.69) is 34.9 Å². The van der Waals surface area contributed by atoms with Gasteiger partial charge in [0.25, 0.3) is 0 Å². The average molecular weight is 497 g/mol. The van der Waals surface area contributed by atoms with Crippen molar-refractivity contribution >= 4 is 29.7 Å².